The molecule has 144 valence electrons. The van der Waals surface area contributed by atoms with E-state index < -0.39 is 0 Å². The number of anilines is 1. The standard InChI is InChI=1S/C24H22N4O/c1-2-12-28(13-3-1)20-8-4-6-19(14-20)23-16-24(27-17-26-23)29-21-10-9-18-7-5-11-25-22(18)15-21/h4-11,14-17H,1-3,12-13H2. The van der Waals surface area contributed by atoms with Crippen molar-refractivity contribution in [1.29, 1.82) is 0 Å². The highest BCUT2D eigenvalue weighted by Crippen LogP contribution is 2.29. The average molecular weight is 382 g/mol. The quantitative estimate of drug-likeness (QED) is 0.468. The van der Waals surface area contributed by atoms with Crippen molar-refractivity contribution in [2.24, 2.45) is 0 Å². The highest BCUT2D eigenvalue weighted by molar-refractivity contribution is 5.79. The second-order valence-electron chi connectivity index (χ2n) is 7.30. The van der Waals surface area contributed by atoms with Crippen LogP contribution in [0.4, 0.5) is 5.69 Å². The number of aromatic nitrogens is 3. The Hall–Kier alpha value is -3.47. The van der Waals surface area contributed by atoms with Gasteiger partial charge in [0, 0.05) is 48.1 Å². The Morgan fingerprint density at radius 1 is 0.793 bits per heavy atom. The molecule has 5 nitrogen and oxygen atoms in total. The molecule has 1 saturated heterocycles. The van der Waals surface area contributed by atoms with E-state index in [9.17, 15) is 0 Å². The van der Waals surface area contributed by atoms with Gasteiger partial charge >= 0.3 is 0 Å². The van der Waals surface area contributed by atoms with Crippen LogP contribution in [0.15, 0.2) is 73.2 Å². The van der Waals surface area contributed by atoms with E-state index in [1.54, 1.807) is 12.5 Å². The Labute approximate surface area is 170 Å². The van der Waals surface area contributed by atoms with E-state index in [1.807, 2.05) is 36.4 Å². The lowest BCUT2D eigenvalue weighted by molar-refractivity contribution is 0.462. The van der Waals surface area contributed by atoms with Crippen LogP contribution in [0, 0.1) is 0 Å². The highest BCUT2D eigenvalue weighted by atomic mass is 16.5. The number of benzene rings is 2. The summed E-state index contributed by atoms with van der Waals surface area (Å²) in [5.41, 5.74) is 4.07. The number of rotatable bonds is 4. The molecule has 1 aliphatic rings. The summed E-state index contributed by atoms with van der Waals surface area (Å²) in [6.45, 7) is 2.25. The summed E-state index contributed by atoms with van der Waals surface area (Å²) in [6.07, 6.45) is 7.18. The average Bonchev–Trinajstić information content (AvgIpc) is 2.80. The zero-order valence-electron chi connectivity index (χ0n) is 16.2. The van der Waals surface area contributed by atoms with Crippen LogP contribution in [0.5, 0.6) is 11.6 Å². The van der Waals surface area contributed by atoms with Crippen LogP contribution in [0.25, 0.3) is 22.2 Å². The molecule has 5 rings (SSSR count). The van der Waals surface area contributed by atoms with E-state index in [0.29, 0.717) is 11.6 Å². The van der Waals surface area contributed by atoms with E-state index >= 15 is 0 Å². The molecule has 0 atom stereocenters. The van der Waals surface area contributed by atoms with Crippen molar-refractivity contribution in [2.75, 3.05) is 18.0 Å². The lowest BCUT2D eigenvalue weighted by Gasteiger charge is -2.29. The molecule has 0 radical (unpaired) electrons. The van der Waals surface area contributed by atoms with Crippen molar-refractivity contribution >= 4 is 16.6 Å². The van der Waals surface area contributed by atoms with E-state index in [1.165, 1.54) is 24.9 Å². The summed E-state index contributed by atoms with van der Waals surface area (Å²) in [7, 11) is 0. The fourth-order valence-corrected chi connectivity index (χ4v) is 3.80. The summed E-state index contributed by atoms with van der Waals surface area (Å²) in [5.74, 6) is 1.23. The molecule has 0 unspecified atom stereocenters. The molecule has 0 aliphatic carbocycles. The normalized spacial score (nSPS) is 14.1. The van der Waals surface area contributed by atoms with Gasteiger partial charge < -0.3 is 9.64 Å². The summed E-state index contributed by atoms with van der Waals surface area (Å²) < 4.78 is 5.99. The maximum Gasteiger partial charge on any atom is 0.222 e. The van der Waals surface area contributed by atoms with Crippen molar-refractivity contribution in [3.05, 3.63) is 73.2 Å². The molecule has 0 N–H and O–H groups in total. The number of hydrogen-bond acceptors (Lipinski definition) is 5. The van der Waals surface area contributed by atoms with Crippen LogP contribution in [0.2, 0.25) is 0 Å². The van der Waals surface area contributed by atoms with Crippen molar-refractivity contribution in [1.82, 2.24) is 15.0 Å². The highest BCUT2D eigenvalue weighted by Gasteiger charge is 2.12. The van der Waals surface area contributed by atoms with Gasteiger partial charge in [-0.2, -0.15) is 0 Å². The maximum absolute atomic E-state index is 5.99. The monoisotopic (exact) mass is 382 g/mol. The summed E-state index contributed by atoms with van der Waals surface area (Å²) >= 11 is 0. The summed E-state index contributed by atoms with van der Waals surface area (Å²) in [5, 5.41) is 1.08. The Bertz CT molecular complexity index is 1140. The lowest BCUT2D eigenvalue weighted by Crippen LogP contribution is -2.29. The maximum atomic E-state index is 5.99. The van der Waals surface area contributed by atoms with Crippen molar-refractivity contribution in [3.8, 4) is 22.9 Å². The topological polar surface area (TPSA) is 51.1 Å². The number of ether oxygens (including phenoxy) is 1. The van der Waals surface area contributed by atoms with Gasteiger partial charge in [-0.3, -0.25) is 4.98 Å². The van der Waals surface area contributed by atoms with Crippen LogP contribution in [0.1, 0.15) is 19.3 Å². The van der Waals surface area contributed by atoms with E-state index in [2.05, 4.69) is 44.1 Å². The molecule has 29 heavy (non-hydrogen) atoms. The van der Waals surface area contributed by atoms with Gasteiger partial charge in [0.15, 0.2) is 0 Å². The fraction of sp³-hybridized carbons (Fsp3) is 0.208. The largest absolute Gasteiger partial charge is 0.439 e. The molecule has 0 saturated carbocycles. The smallest absolute Gasteiger partial charge is 0.222 e. The predicted octanol–water partition coefficient (Wildman–Crippen LogP) is 5.47. The fourth-order valence-electron chi connectivity index (χ4n) is 3.80. The van der Waals surface area contributed by atoms with Gasteiger partial charge in [-0.05, 0) is 49.6 Å². The van der Waals surface area contributed by atoms with Gasteiger partial charge in [0.1, 0.15) is 12.1 Å². The minimum absolute atomic E-state index is 0.522. The third kappa shape index (κ3) is 3.90. The molecular weight excluding hydrogens is 360 g/mol. The first-order valence-electron chi connectivity index (χ1n) is 10.1. The molecule has 0 spiro atoms. The lowest BCUT2D eigenvalue weighted by atomic mass is 10.1. The first-order valence-corrected chi connectivity index (χ1v) is 10.1. The SMILES string of the molecule is c1cc(-c2cc(Oc3ccc4cccnc4c3)ncn2)cc(N2CCCCC2)c1. The number of pyridine rings is 1. The van der Waals surface area contributed by atoms with Gasteiger partial charge in [-0.25, -0.2) is 9.97 Å². The van der Waals surface area contributed by atoms with E-state index in [-0.39, 0.29) is 0 Å². The Balaban J connectivity index is 1.40. The Morgan fingerprint density at radius 3 is 2.66 bits per heavy atom. The Morgan fingerprint density at radius 2 is 1.72 bits per heavy atom. The van der Waals surface area contributed by atoms with Crippen molar-refractivity contribution in [3.63, 3.8) is 0 Å². The third-order valence-electron chi connectivity index (χ3n) is 5.30. The number of hydrogen-bond donors (Lipinski definition) is 0. The number of nitrogens with zero attached hydrogens (tertiary/aromatic N) is 4. The second kappa shape index (κ2) is 7.87. The molecule has 2 aromatic heterocycles. The first kappa shape index (κ1) is 17.6. The molecule has 5 heteroatoms. The second-order valence-corrected chi connectivity index (χ2v) is 7.30. The molecule has 4 aromatic rings. The van der Waals surface area contributed by atoms with Gasteiger partial charge in [0.25, 0.3) is 0 Å². The molecular formula is C24H22N4O. The first-order chi connectivity index (χ1) is 14.3. The van der Waals surface area contributed by atoms with Crippen LogP contribution >= 0.6 is 0 Å². The van der Waals surface area contributed by atoms with Crippen LogP contribution in [0.3, 0.4) is 0 Å². The predicted molar refractivity (Wildman–Crippen MR) is 115 cm³/mol. The van der Waals surface area contributed by atoms with Crippen LogP contribution in [-0.2, 0) is 0 Å². The zero-order chi connectivity index (χ0) is 19.5. The van der Waals surface area contributed by atoms with E-state index in [4.69, 9.17) is 4.74 Å². The third-order valence-corrected chi connectivity index (χ3v) is 5.30. The van der Waals surface area contributed by atoms with Gasteiger partial charge in [0.2, 0.25) is 5.88 Å². The summed E-state index contributed by atoms with van der Waals surface area (Å²) in [6, 6.07) is 20.3. The Kier molecular flexibility index (Phi) is 4.78. The van der Waals surface area contributed by atoms with Crippen molar-refractivity contribution < 1.29 is 4.74 Å². The molecule has 2 aromatic carbocycles. The van der Waals surface area contributed by atoms with Gasteiger partial charge in [-0.1, -0.05) is 18.2 Å². The van der Waals surface area contributed by atoms with Crippen LogP contribution < -0.4 is 9.64 Å². The molecule has 1 fully saturated rings. The molecule has 3 heterocycles. The van der Waals surface area contributed by atoms with Gasteiger partial charge in [0.05, 0.1) is 11.2 Å². The zero-order valence-corrected chi connectivity index (χ0v) is 16.2. The van der Waals surface area contributed by atoms with Crippen molar-refractivity contribution in [2.45, 2.75) is 19.3 Å². The molecule has 1 aliphatic heterocycles. The summed E-state index contributed by atoms with van der Waals surface area (Å²) in [4.78, 5) is 15.6. The molecule has 0 bridgehead atoms. The molecule has 0 amide bonds. The number of fused-ring (bicyclic) bond motifs is 1. The van der Waals surface area contributed by atoms with E-state index in [0.717, 1.165) is 35.2 Å². The minimum atomic E-state index is 0.522. The van der Waals surface area contributed by atoms with Gasteiger partial charge in [-0.15, -0.1) is 0 Å². The number of piperidine rings is 1. The minimum Gasteiger partial charge on any atom is -0.439 e. The van der Waals surface area contributed by atoms with Crippen LogP contribution in [-0.4, -0.2) is 28.0 Å².